The van der Waals surface area contributed by atoms with E-state index in [-0.39, 0.29) is 16.5 Å². The normalized spacial score (nSPS) is 12.9. The average Bonchev–Trinajstić information content (AvgIpc) is 2.88. The number of sulfonamides is 1. The standard InChI is InChI=1S/C17H18N4O4S/c1-10(11-4-3-5-13(8-11)26(18,24)25)19-16(22)12-6-7-15-14(9-12)20-17(23)21(15)2/h3-10H,1-2H3,(H,19,22)(H,20,23)(H2,18,24,25). The number of carbonyl (C=O) groups excluding carboxylic acids is 1. The number of nitrogens with two attached hydrogens (primary N) is 1. The SMILES string of the molecule is CC(NC(=O)c1ccc2c(c1)[nH]c(=O)n2C)c1cccc(S(N)(=O)=O)c1. The molecular weight excluding hydrogens is 356 g/mol. The lowest BCUT2D eigenvalue weighted by Crippen LogP contribution is -2.26. The number of hydrogen-bond donors (Lipinski definition) is 3. The van der Waals surface area contributed by atoms with Crippen LogP contribution in [0.15, 0.2) is 52.2 Å². The summed E-state index contributed by atoms with van der Waals surface area (Å²) in [5, 5.41) is 7.94. The molecule has 2 aromatic carbocycles. The number of H-pyrrole nitrogens is 1. The molecule has 1 unspecified atom stereocenters. The van der Waals surface area contributed by atoms with Crippen molar-refractivity contribution < 1.29 is 13.2 Å². The van der Waals surface area contributed by atoms with Crippen LogP contribution in [-0.2, 0) is 17.1 Å². The number of fused-ring (bicyclic) bond motifs is 1. The molecule has 9 heteroatoms. The van der Waals surface area contributed by atoms with Crippen LogP contribution in [0.5, 0.6) is 0 Å². The van der Waals surface area contributed by atoms with Crippen LogP contribution < -0.4 is 16.1 Å². The molecule has 0 saturated carbocycles. The quantitative estimate of drug-likeness (QED) is 0.629. The molecule has 0 bridgehead atoms. The highest BCUT2D eigenvalue weighted by Crippen LogP contribution is 2.18. The van der Waals surface area contributed by atoms with Gasteiger partial charge in [0.2, 0.25) is 10.0 Å². The highest BCUT2D eigenvalue weighted by Gasteiger charge is 2.15. The third-order valence-corrected chi connectivity index (χ3v) is 5.11. The lowest BCUT2D eigenvalue weighted by atomic mass is 10.1. The van der Waals surface area contributed by atoms with Crippen LogP contribution in [0.25, 0.3) is 11.0 Å². The molecule has 0 aliphatic rings. The average molecular weight is 374 g/mol. The van der Waals surface area contributed by atoms with E-state index >= 15 is 0 Å². The van der Waals surface area contributed by atoms with E-state index in [2.05, 4.69) is 10.3 Å². The molecule has 0 radical (unpaired) electrons. The molecular formula is C17H18N4O4S. The van der Waals surface area contributed by atoms with Gasteiger partial charge >= 0.3 is 5.69 Å². The van der Waals surface area contributed by atoms with Crippen molar-refractivity contribution in [3.05, 3.63) is 64.1 Å². The number of aromatic nitrogens is 2. The zero-order chi connectivity index (χ0) is 19.1. The number of aromatic amines is 1. The van der Waals surface area contributed by atoms with Crippen LogP contribution in [0.3, 0.4) is 0 Å². The molecule has 0 spiro atoms. The lowest BCUT2D eigenvalue weighted by Gasteiger charge is -2.15. The fraction of sp³-hybridized carbons (Fsp3) is 0.176. The maximum absolute atomic E-state index is 12.5. The van der Waals surface area contributed by atoms with Gasteiger partial charge in [-0.05, 0) is 42.8 Å². The molecule has 0 aliphatic heterocycles. The van der Waals surface area contributed by atoms with Gasteiger partial charge in [0.15, 0.2) is 0 Å². The number of hydrogen-bond acceptors (Lipinski definition) is 4. The van der Waals surface area contributed by atoms with Gasteiger partial charge in [0.05, 0.1) is 22.0 Å². The smallest absolute Gasteiger partial charge is 0.326 e. The second kappa shape index (κ2) is 6.43. The molecule has 8 nitrogen and oxygen atoms in total. The number of carbonyl (C=O) groups is 1. The molecule has 3 aromatic rings. The first-order valence-corrected chi connectivity index (χ1v) is 9.34. The minimum absolute atomic E-state index is 0.0145. The Morgan fingerprint density at radius 1 is 1.23 bits per heavy atom. The zero-order valence-corrected chi connectivity index (χ0v) is 15.0. The van der Waals surface area contributed by atoms with E-state index in [1.54, 1.807) is 44.3 Å². The van der Waals surface area contributed by atoms with E-state index in [1.165, 1.54) is 16.7 Å². The number of nitrogens with zero attached hydrogens (tertiary/aromatic N) is 1. The Morgan fingerprint density at radius 2 is 1.96 bits per heavy atom. The van der Waals surface area contributed by atoms with Gasteiger partial charge in [0.25, 0.3) is 5.91 Å². The van der Waals surface area contributed by atoms with Gasteiger partial charge in [-0.2, -0.15) is 0 Å². The molecule has 136 valence electrons. The summed E-state index contributed by atoms with van der Waals surface area (Å²) >= 11 is 0. The third kappa shape index (κ3) is 3.39. The van der Waals surface area contributed by atoms with Gasteiger partial charge in [-0.3, -0.25) is 9.36 Å². The summed E-state index contributed by atoms with van der Waals surface area (Å²) in [7, 11) is -2.17. The Kier molecular flexibility index (Phi) is 4.43. The monoisotopic (exact) mass is 374 g/mol. The molecule has 1 heterocycles. The van der Waals surface area contributed by atoms with Gasteiger partial charge in [0, 0.05) is 12.6 Å². The van der Waals surface area contributed by atoms with E-state index in [4.69, 9.17) is 5.14 Å². The Labute approximate surface area is 149 Å². The zero-order valence-electron chi connectivity index (χ0n) is 14.2. The van der Waals surface area contributed by atoms with E-state index in [0.29, 0.717) is 22.2 Å². The number of rotatable bonds is 4. The van der Waals surface area contributed by atoms with Crippen molar-refractivity contribution in [2.24, 2.45) is 12.2 Å². The molecule has 0 fully saturated rings. The van der Waals surface area contributed by atoms with E-state index in [0.717, 1.165) is 0 Å². The first-order chi connectivity index (χ1) is 12.2. The van der Waals surface area contributed by atoms with Gasteiger partial charge in [-0.25, -0.2) is 18.4 Å². The predicted octanol–water partition coefficient (Wildman–Crippen LogP) is 1.01. The summed E-state index contributed by atoms with van der Waals surface area (Å²) in [4.78, 5) is 26.8. The predicted molar refractivity (Wildman–Crippen MR) is 97.2 cm³/mol. The highest BCUT2D eigenvalue weighted by molar-refractivity contribution is 7.89. The fourth-order valence-electron chi connectivity index (χ4n) is 2.70. The van der Waals surface area contributed by atoms with Crippen molar-refractivity contribution in [3.8, 4) is 0 Å². The molecule has 0 aliphatic carbocycles. The van der Waals surface area contributed by atoms with Gasteiger partial charge in [0.1, 0.15) is 0 Å². The van der Waals surface area contributed by atoms with Crippen molar-refractivity contribution in [1.29, 1.82) is 0 Å². The van der Waals surface area contributed by atoms with Crippen LogP contribution in [0.4, 0.5) is 0 Å². The molecule has 0 saturated heterocycles. The Hall–Kier alpha value is -2.91. The molecule has 26 heavy (non-hydrogen) atoms. The number of imidazole rings is 1. The first-order valence-electron chi connectivity index (χ1n) is 7.79. The number of amides is 1. The summed E-state index contributed by atoms with van der Waals surface area (Å²) in [6.45, 7) is 1.74. The third-order valence-electron chi connectivity index (χ3n) is 4.20. The molecule has 1 atom stereocenters. The van der Waals surface area contributed by atoms with E-state index in [9.17, 15) is 18.0 Å². The van der Waals surface area contributed by atoms with Crippen molar-refractivity contribution in [1.82, 2.24) is 14.9 Å². The van der Waals surface area contributed by atoms with Crippen LogP contribution in [0, 0.1) is 0 Å². The number of benzene rings is 2. The summed E-state index contributed by atoms with van der Waals surface area (Å²) in [6, 6.07) is 10.6. The highest BCUT2D eigenvalue weighted by atomic mass is 32.2. The summed E-state index contributed by atoms with van der Waals surface area (Å²) in [5.74, 6) is -0.342. The van der Waals surface area contributed by atoms with Crippen molar-refractivity contribution in [2.75, 3.05) is 0 Å². The minimum atomic E-state index is -3.81. The summed E-state index contributed by atoms with van der Waals surface area (Å²) < 4.78 is 24.4. The molecule has 1 aromatic heterocycles. The number of nitrogens with one attached hydrogen (secondary N) is 2. The maximum Gasteiger partial charge on any atom is 0.326 e. The summed E-state index contributed by atoms with van der Waals surface area (Å²) in [5.41, 5.74) is 1.99. The van der Waals surface area contributed by atoms with Crippen molar-refractivity contribution in [3.63, 3.8) is 0 Å². The fourth-order valence-corrected chi connectivity index (χ4v) is 3.27. The first kappa shape index (κ1) is 17.9. The molecule has 1 amide bonds. The topological polar surface area (TPSA) is 127 Å². The van der Waals surface area contributed by atoms with Gasteiger partial charge in [-0.1, -0.05) is 12.1 Å². The van der Waals surface area contributed by atoms with Crippen LogP contribution in [0.1, 0.15) is 28.9 Å². The largest absolute Gasteiger partial charge is 0.346 e. The van der Waals surface area contributed by atoms with Crippen molar-refractivity contribution in [2.45, 2.75) is 17.9 Å². The van der Waals surface area contributed by atoms with Gasteiger partial charge < -0.3 is 10.3 Å². The van der Waals surface area contributed by atoms with Crippen LogP contribution >= 0.6 is 0 Å². The second-order valence-corrected chi connectivity index (χ2v) is 7.60. The van der Waals surface area contributed by atoms with E-state index < -0.39 is 16.1 Å². The number of aryl methyl sites for hydroxylation is 1. The second-order valence-electron chi connectivity index (χ2n) is 6.03. The maximum atomic E-state index is 12.5. The van der Waals surface area contributed by atoms with Gasteiger partial charge in [-0.15, -0.1) is 0 Å². The van der Waals surface area contributed by atoms with Crippen LogP contribution in [0.2, 0.25) is 0 Å². The molecule has 3 rings (SSSR count). The molecule has 4 N–H and O–H groups in total. The van der Waals surface area contributed by atoms with E-state index in [1.807, 2.05) is 0 Å². The van der Waals surface area contributed by atoms with Crippen molar-refractivity contribution >= 4 is 27.0 Å². The summed E-state index contributed by atoms with van der Waals surface area (Å²) in [6.07, 6.45) is 0. The Bertz CT molecular complexity index is 1160. The van der Waals surface area contributed by atoms with Crippen LogP contribution in [-0.4, -0.2) is 23.9 Å². The Morgan fingerprint density at radius 3 is 2.65 bits per heavy atom. The minimum Gasteiger partial charge on any atom is -0.346 e. The number of primary sulfonamides is 1. The Balaban J connectivity index is 1.84. The lowest BCUT2D eigenvalue weighted by molar-refractivity contribution is 0.0940.